The zero-order chi connectivity index (χ0) is 59.0. The van der Waals surface area contributed by atoms with E-state index in [0.717, 1.165) is 99.0 Å². The van der Waals surface area contributed by atoms with Gasteiger partial charge in [0, 0.05) is 110 Å². The second-order valence-corrected chi connectivity index (χ2v) is 22.9. The van der Waals surface area contributed by atoms with Crippen molar-refractivity contribution in [2.75, 3.05) is 129 Å². The maximum absolute atomic E-state index is 12.7. The standard InChI is InChI=1S/C34H42N6O6.C28H30ClN5O4/c1-34(2,3)46-33(41)40-11-9-39(10-12-40)31-28-22-35-29(27-20-25(45-23-42-4)19-24-7-5-6-8-26(24)27)21-30(28)36-32(37-31)44-18-15-38-13-16-43-17-14-38;1-28(2,3)38-27(35)34-11-9-33(10-12-34)25-22-16-30-23(15-24(22)31-26(29)32-25)21-14-19(37-17-36-4)13-18-7-5-6-8-20(18)21/h5-8,19-22H,9-18,23H2,1-4H3;5-8,13-16H,9-12,17H2,1-4H3. The van der Waals surface area contributed by atoms with E-state index in [-0.39, 0.29) is 31.1 Å². The first-order valence-corrected chi connectivity index (χ1v) is 28.6. The van der Waals surface area contributed by atoms with Gasteiger partial charge in [0.2, 0.25) is 5.28 Å². The zero-order valence-corrected chi connectivity index (χ0v) is 49.7. The van der Waals surface area contributed by atoms with E-state index >= 15 is 0 Å². The number of methoxy groups -OCH3 is 2. The van der Waals surface area contributed by atoms with Crippen molar-refractivity contribution in [3.8, 4) is 40.0 Å². The molecule has 84 heavy (non-hydrogen) atoms. The number of piperazine rings is 2. The third-order valence-corrected chi connectivity index (χ3v) is 14.4. The van der Waals surface area contributed by atoms with Gasteiger partial charge in [0.15, 0.2) is 13.6 Å². The number of morpholine rings is 1. The molecule has 0 N–H and O–H groups in total. The molecule has 4 aromatic carbocycles. The Hall–Kier alpha value is -7.95. The smallest absolute Gasteiger partial charge is 0.410 e. The summed E-state index contributed by atoms with van der Waals surface area (Å²) in [7, 11) is 3.19. The molecule has 3 saturated heterocycles. The van der Waals surface area contributed by atoms with E-state index < -0.39 is 11.2 Å². The number of fused-ring (bicyclic) bond motifs is 4. The fourth-order valence-electron chi connectivity index (χ4n) is 10.2. The van der Waals surface area contributed by atoms with Crippen LogP contribution in [0.15, 0.2) is 97.3 Å². The fraction of sp³-hybridized carbons (Fsp3) is 0.419. The van der Waals surface area contributed by atoms with E-state index in [4.69, 9.17) is 69.4 Å². The molecule has 442 valence electrons. The maximum atomic E-state index is 12.7. The summed E-state index contributed by atoms with van der Waals surface area (Å²) in [5.41, 5.74) is 3.66. The summed E-state index contributed by atoms with van der Waals surface area (Å²) in [6.45, 7) is 20.4. The largest absolute Gasteiger partial charge is 0.468 e. The van der Waals surface area contributed by atoms with Crippen LogP contribution in [0, 0.1) is 0 Å². The number of anilines is 2. The van der Waals surface area contributed by atoms with Crippen LogP contribution in [0.4, 0.5) is 21.2 Å². The van der Waals surface area contributed by atoms with Gasteiger partial charge >= 0.3 is 18.2 Å². The highest BCUT2D eigenvalue weighted by molar-refractivity contribution is 6.29. The van der Waals surface area contributed by atoms with Crippen molar-refractivity contribution in [3.05, 3.63) is 103 Å². The molecule has 0 radical (unpaired) electrons. The van der Waals surface area contributed by atoms with E-state index in [1.807, 2.05) is 114 Å². The highest BCUT2D eigenvalue weighted by Crippen LogP contribution is 2.37. The third kappa shape index (κ3) is 14.7. The first-order valence-electron chi connectivity index (χ1n) is 28.2. The Kier molecular flexibility index (Phi) is 18.6. The summed E-state index contributed by atoms with van der Waals surface area (Å²) in [4.78, 5) is 63.7. The van der Waals surface area contributed by atoms with Gasteiger partial charge in [-0.25, -0.2) is 14.6 Å². The Balaban J connectivity index is 0.000000191. The minimum Gasteiger partial charge on any atom is -0.468 e. The number of nitrogens with zero attached hydrogens (tertiary/aromatic N) is 11. The van der Waals surface area contributed by atoms with Crippen molar-refractivity contribution in [2.24, 2.45) is 0 Å². The van der Waals surface area contributed by atoms with E-state index in [9.17, 15) is 9.59 Å². The van der Waals surface area contributed by atoms with Gasteiger partial charge in [0.1, 0.15) is 40.9 Å². The predicted molar refractivity (Wildman–Crippen MR) is 323 cm³/mol. The molecule has 0 bridgehead atoms. The van der Waals surface area contributed by atoms with Gasteiger partial charge in [0.05, 0.1) is 46.4 Å². The number of benzene rings is 4. The molecule has 22 heteroatoms. The van der Waals surface area contributed by atoms with Gasteiger partial charge < -0.3 is 57.5 Å². The molecule has 21 nitrogen and oxygen atoms in total. The van der Waals surface area contributed by atoms with Crippen LogP contribution in [0.25, 0.3) is 65.9 Å². The van der Waals surface area contributed by atoms with Crippen molar-refractivity contribution in [2.45, 2.75) is 52.7 Å². The van der Waals surface area contributed by atoms with Crippen molar-refractivity contribution in [1.29, 1.82) is 0 Å². The first kappa shape index (κ1) is 59.2. The SMILES string of the molecule is COCOc1cc(-c2cc3nc(Cl)nc(N4CCN(C(=O)OC(C)(C)C)CC4)c3cn2)c2ccccc2c1.COCOc1cc(-c2cc3nc(OCCN4CCOCC4)nc(N4CCN(C(=O)OC(C)(C)C)CC4)c3cn2)c2ccccc2c1. The van der Waals surface area contributed by atoms with E-state index in [1.54, 1.807) is 30.2 Å². The number of rotatable bonds is 14. The lowest BCUT2D eigenvalue weighted by Gasteiger charge is -2.36. The predicted octanol–water partition coefficient (Wildman–Crippen LogP) is 10.1. The molecular weight excluding hydrogens is 1090 g/mol. The summed E-state index contributed by atoms with van der Waals surface area (Å²) in [6.07, 6.45) is 3.00. The average Bonchev–Trinajstić information content (AvgIpc) is 1.33. The molecule has 8 aromatic rings. The number of aromatic nitrogens is 6. The number of carbonyl (C=O) groups excluding carboxylic acids is 2. The topological polar surface area (TPSA) is 202 Å². The highest BCUT2D eigenvalue weighted by Gasteiger charge is 2.30. The normalized spacial score (nSPS) is 15.3. The molecule has 0 saturated carbocycles. The molecular formula is C62H72ClN11O10. The molecule has 4 aromatic heterocycles. The molecule has 0 unspecified atom stereocenters. The Bertz CT molecular complexity index is 3620. The van der Waals surface area contributed by atoms with Crippen molar-refractivity contribution < 1.29 is 47.5 Å². The highest BCUT2D eigenvalue weighted by atomic mass is 35.5. The molecule has 3 fully saturated rings. The van der Waals surface area contributed by atoms with E-state index in [1.165, 1.54) is 0 Å². The number of hydrogen-bond donors (Lipinski definition) is 0. The molecule has 7 heterocycles. The zero-order valence-electron chi connectivity index (χ0n) is 48.9. The minimum atomic E-state index is -0.547. The lowest BCUT2D eigenvalue weighted by atomic mass is 10.0. The quantitative estimate of drug-likeness (QED) is 0.0734. The van der Waals surface area contributed by atoms with Crippen LogP contribution in [0.2, 0.25) is 5.28 Å². The summed E-state index contributed by atoms with van der Waals surface area (Å²) in [5.74, 6) is 2.81. The Morgan fingerprint density at radius 1 is 0.548 bits per heavy atom. The summed E-state index contributed by atoms with van der Waals surface area (Å²) >= 11 is 6.38. The minimum absolute atomic E-state index is 0.145. The summed E-state index contributed by atoms with van der Waals surface area (Å²) in [6, 6.07) is 28.3. The van der Waals surface area contributed by atoms with Gasteiger partial charge in [0.25, 0.3) is 0 Å². The van der Waals surface area contributed by atoms with Crippen molar-refractivity contribution in [1.82, 2.24) is 44.6 Å². The Morgan fingerprint density at radius 2 is 1.01 bits per heavy atom. The molecule has 0 aliphatic carbocycles. The van der Waals surface area contributed by atoms with Crippen LogP contribution in [-0.4, -0.2) is 188 Å². The van der Waals surface area contributed by atoms with Crippen LogP contribution in [0.3, 0.4) is 0 Å². The molecule has 0 spiro atoms. The number of ether oxygens (including phenoxy) is 8. The molecule has 3 aliphatic rings. The van der Waals surface area contributed by atoms with Crippen LogP contribution < -0.4 is 24.0 Å². The van der Waals surface area contributed by atoms with E-state index in [0.29, 0.717) is 87.8 Å². The summed E-state index contributed by atoms with van der Waals surface area (Å²) in [5, 5.41) is 5.91. The van der Waals surface area contributed by atoms with Gasteiger partial charge in [-0.3, -0.25) is 14.9 Å². The van der Waals surface area contributed by atoms with Gasteiger partial charge in [-0.15, -0.1) is 0 Å². The average molecular weight is 1170 g/mol. The number of carbonyl (C=O) groups is 2. The van der Waals surface area contributed by atoms with E-state index in [2.05, 4.69) is 42.9 Å². The monoisotopic (exact) mass is 1170 g/mol. The van der Waals surface area contributed by atoms with Gasteiger partial charge in [-0.1, -0.05) is 48.5 Å². The first-order chi connectivity index (χ1) is 40.5. The van der Waals surface area contributed by atoms with Gasteiger partial charge in [-0.2, -0.15) is 15.0 Å². The van der Waals surface area contributed by atoms with Gasteiger partial charge in [-0.05, 0) is 111 Å². The van der Waals surface area contributed by atoms with Crippen LogP contribution >= 0.6 is 11.6 Å². The molecule has 0 atom stereocenters. The second kappa shape index (κ2) is 26.3. The van der Waals surface area contributed by atoms with Crippen molar-refractivity contribution >= 4 is 78.8 Å². The second-order valence-electron chi connectivity index (χ2n) is 22.5. The number of hydrogen-bond acceptors (Lipinski definition) is 19. The molecule has 2 amide bonds. The van der Waals surface area contributed by atoms with Crippen LogP contribution in [-0.2, 0) is 23.7 Å². The van der Waals surface area contributed by atoms with Crippen molar-refractivity contribution in [3.63, 3.8) is 0 Å². The number of amides is 2. The lowest BCUT2D eigenvalue weighted by molar-refractivity contribution is 0.0230. The third-order valence-electron chi connectivity index (χ3n) is 14.2. The number of halogens is 1. The number of pyridine rings is 2. The Labute approximate surface area is 493 Å². The lowest BCUT2D eigenvalue weighted by Crippen LogP contribution is -2.50. The summed E-state index contributed by atoms with van der Waals surface area (Å²) < 4.78 is 44.6. The molecule has 3 aliphatic heterocycles. The maximum Gasteiger partial charge on any atom is 0.410 e. The van der Waals surface area contributed by atoms with Crippen LogP contribution in [0.1, 0.15) is 41.5 Å². The molecule has 11 rings (SSSR count). The Morgan fingerprint density at radius 3 is 1.49 bits per heavy atom. The fourth-order valence-corrected chi connectivity index (χ4v) is 10.3. The van der Waals surface area contributed by atoms with Crippen LogP contribution in [0.5, 0.6) is 17.5 Å².